The molecule has 1 atom stereocenters. The minimum Gasteiger partial charge on any atom is -0.366 e. The lowest BCUT2D eigenvalue weighted by Gasteiger charge is -2.29. The van der Waals surface area contributed by atoms with E-state index in [0.717, 1.165) is 31.2 Å². The van der Waals surface area contributed by atoms with E-state index >= 15 is 0 Å². The van der Waals surface area contributed by atoms with Crippen LogP contribution in [0, 0.1) is 0 Å². The first-order valence-corrected chi connectivity index (χ1v) is 8.34. The van der Waals surface area contributed by atoms with Crippen LogP contribution in [-0.2, 0) is 13.0 Å². The van der Waals surface area contributed by atoms with Crippen LogP contribution in [0.25, 0.3) is 0 Å². The minimum absolute atomic E-state index is 0.394. The van der Waals surface area contributed by atoms with Gasteiger partial charge in [0.1, 0.15) is 12.0 Å². The molecule has 2 heterocycles. The van der Waals surface area contributed by atoms with E-state index in [2.05, 4.69) is 51.6 Å². The quantitative estimate of drug-likeness (QED) is 0.673. The maximum Gasteiger partial charge on any atom is 0.193 e. The average molecular weight is 327 g/mol. The summed E-state index contributed by atoms with van der Waals surface area (Å²) >= 11 is 0. The van der Waals surface area contributed by atoms with Gasteiger partial charge in [-0.15, -0.1) is 0 Å². The lowest BCUT2D eigenvalue weighted by atomic mass is 10.2. The molecule has 128 valence electrons. The average Bonchev–Trinajstić information content (AvgIpc) is 3.24. The van der Waals surface area contributed by atoms with E-state index in [1.54, 1.807) is 13.3 Å². The van der Waals surface area contributed by atoms with Gasteiger partial charge in [-0.3, -0.25) is 4.99 Å². The van der Waals surface area contributed by atoms with E-state index in [1.807, 2.05) is 18.0 Å². The van der Waals surface area contributed by atoms with Crippen LogP contribution in [0.2, 0.25) is 0 Å². The van der Waals surface area contributed by atoms with Crippen molar-refractivity contribution in [3.05, 3.63) is 47.9 Å². The fraction of sp³-hybridized carbons (Fsp3) is 0.444. The van der Waals surface area contributed by atoms with E-state index in [4.69, 9.17) is 4.52 Å². The van der Waals surface area contributed by atoms with Crippen molar-refractivity contribution in [1.29, 1.82) is 0 Å². The summed E-state index contributed by atoms with van der Waals surface area (Å²) in [5, 5.41) is 7.41. The molecule has 0 aliphatic carbocycles. The van der Waals surface area contributed by atoms with Gasteiger partial charge in [0.25, 0.3) is 0 Å². The first-order chi connectivity index (χ1) is 11.7. The van der Waals surface area contributed by atoms with Crippen LogP contribution in [0.1, 0.15) is 18.2 Å². The number of aromatic nitrogens is 1. The molecule has 0 spiro atoms. The highest BCUT2D eigenvalue weighted by Crippen LogP contribution is 2.28. The van der Waals surface area contributed by atoms with Gasteiger partial charge in [-0.2, -0.15) is 0 Å². The van der Waals surface area contributed by atoms with Crippen molar-refractivity contribution < 1.29 is 4.52 Å². The molecule has 1 aromatic heterocycles. The highest BCUT2D eigenvalue weighted by atomic mass is 16.5. The third kappa shape index (κ3) is 3.53. The number of guanidine groups is 1. The first kappa shape index (κ1) is 16.4. The van der Waals surface area contributed by atoms with Crippen LogP contribution >= 0.6 is 0 Å². The van der Waals surface area contributed by atoms with Gasteiger partial charge >= 0.3 is 0 Å². The molecule has 0 radical (unpaired) electrons. The van der Waals surface area contributed by atoms with Gasteiger partial charge in [0, 0.05) is 45.0 Å². The highest BCUT2D eigenvalue weighted by molar-refractivity contribution is 5.79. The maximum absolute atomic E-state index is 4.88. The standard InChI is InChI=1S/C18H25N5O/c1-14(23-10-8-15-6-4-5-7-17(15)23)12-20-18(19-2)22(3)13-16-9-11-24-21-16/h4-7,9,11,14H,8,10,12-13H2,1-3H3,(H,19,20). The minimum atomic E-state index is 0.394. The number of hydrogen-bond donors (Lipinski definition) is 1. The number of para-hydroxylation sites is 1. The van der Waals surface area contributed by atoms with Crippen molar-refractivity contribution in [2.75, 3.05) is 32.1 Å². The van der Waals surface area contributed by atoms with Gasteiger partial charge in [-0.1, -0.05) is 23.4 Å². The zero-order chi connectivity index (χ0) is 16.9. The number of anilines is 1. The summed E-state index contributed by atoms with van der Waals surface area (Å²) in [6.45, 7) is 4.83. The van der Waals surface area contributed by atoms with Crippen molar-refractivity contribution in [3.8, 4) is 0 Å². The second-order valence-corrected chi connectivity index (χ2v) is 6.20. The smallest absolute Gasteiger partial charge is 0.193 e. The third-order valence-electron chi connectivity index (χ3n) is 4.47. The topological polar surface area (TPSA) is 56.9 Å². The van der Waals surface area contributed by atoms with E-state index in [9.17, 15) is 0 Å². The molecule has 24 heavy (non-hydrogen) atoms. The second kappa shape index (κ2) is 7.38. The fourth-order valence-corrected chi connectivity index (χ4v) is 3.19. The summed E-state index contributed by atoms with van der Waals surface area (Å²) in [4.78, 5) is 8.88. The van der Waals surface area contributed by atoms with Crippen molar-refractivity contribution in [2.45, 2.75) is 25.9 Å². The predicted octanol–water partition coefficient (Wildman–Crippen LogP) is 2.13. The number of nitrogens with zero attached hydrogens (tertiary/aromatic N) is 4. The third-order valence-corrected chi connectivity index (χ3v) is 4.47. The molecule has 3 rings (SSSR count). The SMILES string of the molecule is CN=C(NCC(C)N1CCc2ccccc21)N(C)Cc1ccon1. The Morgan fingerprint density at radius 2 is 2.25 bits per heavy atom. The van der Waals surface area contributed by atoms with Gasteiger partial charge in [-0.25, -0.2) is 0 Å². The molecule has 0 saturated heterocycles. The first-order valence-electron chi connectivity index (χ1n) is 8.34. The molecule has 0 amide bonds. The van der Waals surface area contributed by atoms with Gasteiger partial charge in [-0.05, 0) is 25.0 Å². The summed E-state index contributed by atoms with van der Waals surface area (Å²) < 4.78 is 4.88. The van der Waals surface area contributed by atoms with Crippen LogP contribution in [0.5, 0.6) is 0 Å². The molecule has 1 aliphatic heterocycles. The number of hydrogen-bond acceptors (Lipinski definition) is 4. The molecule has 1 N–H and O–H groups in total. The molecule has 1 aliphatic rings. The lowest BCUT2D eigenvalue weighted by Crippen LogP contribution is -2.46. The van der Waals surface area contributed by atoms with Crippen LogP contribution < -0.4 is 10.2 Å². The molecule has 6 nitrogen and oxygen atoms in total. The lowest BCUT2D eigenvalue weighted by molar-refractivity contribution is 0.390. The molecule has 0 saturated carbocycles. The van der Waals surface area contributed by atoms with E-state index in [-0.39, 0.29) is 0 Å². The zero-order valence-electron chi connectivity index (χ0n) is 14.6. The van der Waals surface area contributed by atoms with Crippen molar-refractivity contribution in [1.82, 2.24) is 15.4 Å². The molecule has 1 aromatic carbocycles. The summed E-state index contributed by atoms with van der Waals surface area (Å²) in [5.41, 5.74) is 3.69. The molecule has 6 heteroatoms. The predicted molar refractivity (Wildman–Crippen MR) is 96.3 cm³/mol. The fourth-order valence-electron chi connectivity index (χ4n) is 3.19. The van der Waals surface area contributed by atoms with E-state index in [0.29, 0.717) is 12.6 Å². The molecular weight excluding hydrogens is 302 g/mol. The van der Waals surface area contributed by atoms with Crippen molar-refractivity contribution in [2.24, 2.45) is 4.99 Å². The Kier molecular flexibility index (Phi) is 5.03. The normalized spacial score (nSPS) is 15.3. The maximum atomic E-state index is 4.88. The Labute approximate surface area is 143 Å². The molecule has 0 bridgehead atoms. The summed E-state index contributed by atoms with van der Waals surface area (Å²) in [6.07, 6.45) is 2.72. The summed E-state index contributed by atoms with van der Waals surface area (Å²) in [6, 6.07) is 10.9. The van der Waals surface area contributed by atoms with Gasteiger partial charge < -0.3 is 19.6 Å². The van der Waals surface area contributed by atoms with E-state index in [1.165, 1.54) is 11.3 Å². The van der Waals surface area contributed by atoms with Crippen molar-refractivity contribution in [3.63, 3.8) is 0 Å². The highest BCUT2D eigenvalue weighted by Gasteiger charge is 2.23. The number of aliphatic imine (C=N–C) groups is 1. The Balaban J connectivity index is 1.56. The number of nitrogens with one attached hydrogen (secondary N) is 1. The second-order valence-electron chi connectivity index (χ2n) is 6.20. The Hall–Kier alpha value is -2.50. The molecule has 1 unspecified atom stereocenters. The number of rotatable bonds is 5. The van der Waals surface area contributed by atoms with Crippen molar-refractivity contribution >= 4 is 11.6 Å². The van der Waals surface area contributed by atoms with Crippen LogP contribution in [-0.4, -0.2) is 49.2 Å². The molecule has 2 aromatic rings. The van der Waals surface area contributed by atoms with Gasteiger partial charge in [0.15, 0.2) is 5.96 Å². The Bertz CT molecular complexity index is 682. The van der Waals surface area contributed by atoms with Crippen LogP contribution in [0.4, 0.5) is 5.69 Å². The zero-order valence-corrected chi connectivity index (χ0v) is 14.6. The molecular formula is C18H25N5O. The van der Waals surface area contributed by atoms with E-state index < -0.39 is 0 Å². The Morgan fingerprint density at radius 1 is 1.42 bits per heavy atom. The monoisotopic (exact) mass is 327 g/mol. The van der Waals surface area contributed by atoms with Crippen LogP contribution in [0.3, 0.4) is 0 Å². The Morgan fingerprint density at radius 3 is 3.00 bits per heavy atom. The summed E-state index contributed by atoms with van der Waals surface area (Å²) in [5.74, 6) is 0.859. The number of fused-ring (bicyclic) bond motifs is 1. The van der Waals surface area contributed by atoms with Gasteiger partial charge in [0.2, 0.25) is 0 Å². The number of benzene rings is 1. The molecule has 0 fully saturated rings. The van der Waals surface area contributed by atoms with Gasteiger partial charge in [0.05, 0.1) is 6.54 Å². The summed E-state index contributed by atoms with van der Waals surface area (Å²) in [7, 11) is 3.80. The van der Waals surface area contributed by atoms with Crippen LogP contribution in [0.15, 0.2) is 46.1 Å². The largest absolute Gasteiger partial charge is 0.366 e.